The summed E-state index contributed by atoms with van der Waals surface area (Å²) >= 11 is 0. The van der Waals surface area contributed by atoms with E-state index in [2.05, 4.69) is 31.3 Å². The molecule has 0 aliphatic heterocycles. The number of rotatable bonds is 60. The van der Waals surface area contributed by atoms with Gasteiger partial charge in [0, 0.05) is 12.8 Å². The molecule has 0 saturated heterocycles. The SMILES string of the molecule is CCCCCC/C=C\CCCCCCCC(=O)OCCCCCCCCCCCCCCCCCCCCCCCCCCCCCC(=O)NC(CO)C(O)/C=C/CCCCCCCCCCCCCC. The highest BCUT2D eigenvalue weighted by molar-refractivity contribution is 5.76. The van der Waals surface area contributed by atoms with Crippen molar-refractivity contribution in [2.75, 3.05) is 13.2 Å². The molecule has 0 rings (SSSR count). The predicted octanol–water partition coefficient (Wildman–Crippen LogP) is 20.2. The number of hydrogen-bond acceptors (Lipinski definition) is 5. The summed E-state index contributed by atoms with van der Waals surface area (Å²) in [5.74, 6) is -0.0551. The first-order valence-corrected chi connectivity index (χ1v) is 32.1. The number of aliphatic hydroxyl groups excluding tert-OH is 2. The van der Waals surface area contributed by atoms with Crippen LogP contribution in [0.4, 0.5) is 0 Å². The first kappa shape index (κ1) is 69.3. The molecule has 2 atom stereocenters. The second-order valence-electron chi connectivity index (χ2n) is 22.1. The maximum atomic E-state index is 12.5. The Morgan fingerprint density at radius 3 is 1.01 bits per heavy atom. The van der Waals surface area contributed by atoms with E-state index >= 15 is 0 Å². The molecule has 0 bridgehead atoms. The van der Waals surface area contributed by atoms with Gasteiger partial charge in [0.25, 0.3) is 0 Å². The largest absolute Gasteiger partial charge is 0.466 e. The molecule has 2 unspecified atom stereocenters. The van der Waals surface area contributed by atoms with Gasteiger partial charge >= 0.3 is 5.97 Å². The van der Waals surface area contributed by atoms with E-state index in [9.17, 15) is 19.8 Å². The van der Waals surface area contributed by atoms with Crippen molar-refractivity contribution in [2.45, 2.75) is 366 Å². The van der Waals surface area contributed by atoms with Gasteiger partial charge in [0.05, 0.1) is 25.4 Å². The zero-order chi connectivity index (χ0) is 51.4. The fourth-order valence-electron chi connectivity index (χ4n) is 10.0. The molecule has 0 aromatic rings. The molecule has 420 valence electrons. The van der Waals surface area contributed by atoms with Crippen LogP contribution in [0.1, 0.15) is 354 Å². The molecule has 0 heterocycles. The first-order chi connectivity index (χ1) is 35.0. The van der Waals surface area contributed by atoms with Crippen LogP contribution in [0.5, 0.6) is 0 Å². The van der Waals surface area contributed by atoms with Gasteiger partial charge in [-0.1, -0.05) is 308 Å². The molecule has 0 saturated carbocycles. The maximum Gasteiger partial charge on any atom is 0.305 e. The lowest BCUT2D eigenvalue weighted by molar-refractivity contribution is -0.143. The Labute approximate surface area is 443 Å². The number of hydrogen-bond donors (Lipinski definition) is 3. The number of carbonyl (C=O) groups excluding carboxylic acids is 2. The summed E-state index contributed by atoms with van der Waals surface area (Å²) in [6, 6.07) is -0.625. The zero-order valence-corrected chi connectivity index (χ0v) is 48.0. The molecule has 3 N–H and O–H groups in total. The van der Waals surface area contributed by atoms with E-state index in [4.69, 9.17) is 4.74 Å². The number of nitrogens with one attached hydrogen (secondary N) is 1. The first-order valence-electron chi connectivity index (χ1n) is 32.1. The Morgan fingerprint density at radius 2 is 0.662 bits per heavy atom. The number of carbonyl (C=O) groups is 2. The highest BCUT2D eigenvalue weighted by atomic mass is 16.5. The Morgan fingerprint density at radius 1 is 0.380 bits per heavy atom. The molecule has 0 aliphatic carbocycles. The van der Waals surface area contributed by atoms with E-state index in [1.807, 2.05) is 6.08 Å². The molecule has 0 fully saturated rings. The predicted molar refractivity (Wildman–Crippen MR) is 310 cm³/mol. The van der Waals surface area contributed by atoms with Crippen LogP contribution < -0.4 is 5.32 Å². The summed E-state index contributed by atoms with van der Waals surface area (Å²) in [5, 5.41) is 23.1. The summed E-state index contributed by atoms with van der Waals surface area (Å²) in [7, 11) is 0. The Balaban J connectivity index is 3.36. The minimum atomic E-state index is -0.841. The van der Waals surface area contributed by atoms with Gasteiger partial charge in [-0.25, -0.2) is 0 Å². The number of allylic oxidation sites excluding steroid dienone is 3. The highest BCUT2D eigenvalue weighted by Crippen LogP contribution is 2.18. The van der Waals surface area contributed by atoms with E-state index in [0.29, 0.717) is 19.4 Å². The third kappa shape index (κ3) is 57.5. The molecular weight excluding hydrogens is 875 g/mol. The molecule has 0 aromatic carbocycles. The van der Waals surface area contributed by atoms with E-state index in [0.717, 1.165) is 44.9 Å². The standard InChI is InChI=1S/C65H125NO5/c1-3-5-7-9-11-13-15-17-34-37-41-45-49-53-57-63(68)62(61-67)66-64(69)58-54-50-46-42-38-35-31-29-27-25-23-21-19-18-20-22-24-26-28-30-32-36-40-44-48-52-56-60-71-65(70)59-55-51-47-43-39-33-16-14-12-10-8-6-4-2/h14,16,53,57,62-63,67-68H,3-13,15,17-52,54-56,58-61H2,1-2H3,(H,66,69)/b16-14-,57-53+. The molecule has 6 nitrogen and oxygen atoms in total. The lowest BCUT2D eigenvalue weighted by atomic mass is 10.0. The topological polar surface area (TPSA) is 95.9 Å². The summed E-state index contributed by atoms with van der Waals surface area (Å²) < 4.78 is 5.48. The molecule has 6 heteroatoms. The average Bonchev–Trinajstić information content (AvgIpc) is 3.37. The van der Waals surface area contributed by atoms with Crippen molar-refractivity contribution in [2.24, 2.45) is 0 Å². The van der Waals surface area contributed by atoms with Gasteiger partial charge in [-0.3, -0.25) is 9.59 Å². The van der Waals surface area contributed by atoms with Gasteiger partial charge < -0.3 is 20.3 Å². The van der Waals surface area contributed by atoms with Crippen LogP contribution in [0.15, 0.2) is 24.3 Å². The van der Waals surface area contributed by atoms with Crippen molar-refractivity contribution >= 4 is 11.9 Å². The fraction of sp³-hybridized carbons (Fsp3) is 0.908. The van der Waals surface area contributed by atoms with Gasteiger partial charge in [-0.15, -0.1) is 0 Å². The van der Waals surface area contributed by atoms with Gasteiger partial charge in [0.1, 0.15) is 0 Å². The summed E-state index contributed by atoms with van der Waals surface area (Å²) in [6.07, 6.45) is 75.2. The maximum absolute atomic E-state index is 12.5. The van der Waals surface area contributed by atoms with Crippen molar-refractivity contribution < 1.29 is 24.5 Å². The summed E-state index contributed by atoms with van der Waals surface area (Å²) in [4.78, 5) is 24.5. The second-order valence-corrected chi connectivity index (χ2v) is 22.1. The van der Waals surface area contributed by atoms with E-state index < -0.39 is 12.1 Å². The Kier molecular flexibility index (Phi) is 59.5. The highest BCUT2D eigenvalue weighted by Gasteiger charge is 2.18. The number of unbranched alkanes of at least 4 members (excludes halogenated alkanes) is 47. The van der Waals surface area contributed by atoms with Gasteiger partial charge in [-0.05, 0) is 57.8 Å². The molecule has 1 amide bonds. The molecule has 0 aliphatic rings. The van der Waals surface area contributed by atoms with Crippen LogP contribution in [0.3, 0.4) is 0 Å². The van der Waals surface area contributed by atoms with Crippen molar-refractivity contribution in [1.29, 1.82) is 0 Å². The third-order valence-corrected chi connectivity index (χ3v) is 15.0. The Hall–Kier alpha value is -1.66. The average molecular weight is 1000 g/mol. The molecule has 0 radical (unpaired) electrons. The van der Waals surface area contributed by atoms with Crippen LogP contribution in [-0.2, 0) is 14.3 Å². The summed E-state index contributed by atoms with van der Waals surface area (Å²) in [5.41, 5.74) is 0. The lowest BCUT2D eigenvalue weighted by Crippen LogP contribution is -2.45. The molecule has 0 aromatic heterocycles. The third-order valence-electron chi connectivity index (χ3n) is 15.0. The summed E-state index contributed by atoms with van der Waals surface area (Å²) in [6.45, 7) is 4.91. The normalized spacial score (nSPS) is 12.7. The van der Waals surface area contributed by atoms with Gasteiger partial charge in [-0.2, -0.15) is 0 Å². The van der Waals surface area contributed by atoms with Gasteiger partial charge in [0.2, 0.25) is 5.91 Å². The van der Waals surface area contributed by atoms with Crippen LogP contribution >= 0.6 is 0 Å². The zero-order valence-electron chi connectivity index (χ0n) is 48.0. The van der Waals surface area contributed by atoms with Crippen LogP contribution in [0.2, 0.25) is 0 Å². The fourth-order valence-corrected chi connectivity index (χ4v) is 10.0. The molecule has 0 spiro atoms. The Bertz CT molecular complexity index is 1110. The second kappa shape index (κ2) is 60.9. The van der Waals surface area contributed by atoms with E-state index in [-0.39, 0.29) is 18.5 Å². The van der Waals surface area contributed by atoms with Crippen LogP contribution in [-0.4, -0.2) is 47.4 Å². The van der Waals surface area contributed by atoms with E-state index in [1.54, 1.807) is 6.08 Å². The quantitative estimate of drug-likeness (QED) is 0.0320. The van der Waals surface area contributed by atoms with Crippen LogP contribution in [0.25, 0.3) is 0 Å². The molecular formula is C65H125NO5. The molecule has 71 heavy (non-hydrogen) atoms. The number of amides is 1. The van der Waals surface area contributed by atoms with Crippen molar-refractivity contribution in [3.05, 3.63) is 24.3 Å². The van der Waals surface area contributed by atoms with Crippen LogP contribution in [0, 0.1) is 0 Å². The van der Waals surface area contributed by atoms with Crippen molar-refractivity contribution in [1.82, 2.24) is 5.32 Å². The van der Waals surface area contributed by atoms with Crippen molar-refractivity contribution in [3.8, 4) is 0 Å². The lowest BCUT2D eigenvalue weighted by Gasteiger charge is -2.20. The number of esters is 1. The number of aliphatic hydroxyl groups is 2. The van der Waals surface area contributed by atoms with Crippen molar-refractivity contribution in [3.63, 3.8) is 0 Å². The number of ether oxygens (including phenoxy) is 1. The smallest absolute Gasteiger partial charge is 0.305 e. The monoisotopic (exact) mass is 1000 g/mol. The van der Waals surface area contributed by atoms with Gasteiger partial charge in [0.15, 0.2) is 0 Å². The minimum absolute atomic E-state index is 0.00866. The van der Waals surface area contributed by atoms with E-state index in [1.165, 1.54) is 283 Å². The minimum Gasteiger partial charge on any atom is -0.466 e.